The lowest BCUT2D eigenvalue weighted by Gasteiger charge is -2.43. The maximum atomic E-state index is 14.2. The van der Waals surface area contributed by atoms with Crippen LogP contribution in [0.2, 0.25) is 0 Å². The van der Waals surface area contributed by atoms with Crippen LogP contribution in [0.15, 0.2) is 24.3 Å². The first-order chi connectivity index (χ1) is 14.3. The normalized spacial score (nSPS) is 14.7. The van der Waals surface area contributed by atoms with E-state index in [4.69, 9.17) is 14.2 Å². The van der Waals surface area contributed by atoms with E-state index in [1.54, 1.807) is 13.8 Å². The molecule has 0 spiro atoms. The van der Waals surface area contributed by atoms with Crippen LogP contribution in [-0.4, -0.2) is 37.5 Å². The minimum absolute atomic E-state index is 0.0915. The molecule has 0 aliphatic carbocycles. The van der Waals surface area contributed by atoms with Crippen molar-refractivity contribution in [1.82, 2.24) is 0 Å². The lowest BCUT2D eigenvalue weighted by molar-refractivity contribution is -0.431. The maximum Gasteiger partial charge on any atom is 0.430 e. The Hall–Kier alpha value is -1.32. The third-order valence-electron chi connectivity index (χ3n) is 4.86. The first-order valence-electron chi connectivity index (χ1n) is 10.4. The molecule has 1 atom stereocenters. The van der Waals surface area contributed by atoms with Crippen molar-refractivity contribution in [3.05, 3.63) is 35.4 Å². The van der Waals surface area contributed by atoms with Crippen LogP contribution in [0.25, 0.3) is 0 Å². The number of unbranched alkanes of at least 4 members (excludes halogenated alkanes) is 1. The number of rotatable bonds is 12. The van der Waals surface area contributed by atoms with E-state index in [1.807, 2.05) is 6.92 Å². The zero-order valence-corrected chi connectivity index (χ0v) is 18.6. The predicted octanol–water partition coefficient (Wildman–Crippen LogP) is 6.93. The molecule has 0 aliphatic heterocycles. The number of ether oxygens (including phenoxy) is 3. The number of aryl methyl sites for hydroxylation is 1. The highest BCUT2D eigenvalue weighted by Gasteiger charge is 2.74. The van der Waals surface area contributed by atoms with Crippen molar-refractivity contribution in [2.75, 3.05) is 13.2 Å². The predicted molar refractivity (Wildman–Crippen MR) is 106 cm³/mol. The largest absolute Gasteiger partial charge is 0.430 e. The fourth-order valence-corrected chi connectivity index (χ4v) is 2.97. The van der Waals surface area contributed by atoms with Gasteiger partial charge in [-0.1, -0.05) is 51.5 Å². The Kier molecular flexibility index (Phi) is 9.84. The SMILES string of the molecule is CCCCOC(C)(C)C(OCCC)OC(c1ccc(CC)cc1)(C(F)(F)F)C(F)(F)F. The summed E-state index contributed by atoms with van der Waals surface area (Å²) in [5.74, 6) is 0. The quantitative estimate of drug-likeness (QED) is 0.193. The zero-order chi connectivity index (χ0) is 23.9. The minimum Gasteiger partial charge on any atom is -0.370 e. The summed E-state index contributed by atoms with van der Waals surface area (Å²) in [5, 5.41) is 0. The molecule has 1 aromatic carbocycles. The molecule has 0 bridgehead atoms. The number of halogens is 6. The van der Waals surface area contributed by atoms with Gasteiger partial charge in [-0.05, 0) is 38.7 Å². The molecule has 0 amide bonds. The van der Waals surface area contributed by atoms with Gasteiger partial charge in [-0.3, -0.25) is 0 Å². The topological polar surface area (TPSA) is 27.7 Å². The molecule has 3 nitrogen and oxygen atoms in total. The van der Waals surface area contributed by atoms with Crippen molar-refractivity contribution >= 4 is 0 Å². The smallest absolute Gasteiger partial charge is 0.370 e. The van der Waals surface area contributed by atoms with Gasteiger partial charge in [0.2, 0.25) is 0 Å². The highest BCUT2D eigenvalue weighted by atomic mass is 19.4. The summed E-state index contributed by atoms with van der Waals surface area (Å²) in [6, 6.07) is 4.08. The van der Waals surface area contributed by atoms with E-state index >= 15 is 0 Å². The highest BCUT2D eigenvalue weighted by Crippen LogP contribution is 2.54. The van der Waals surface area contributed by atoms with Gasteiger partial charge in [0.1, 0.15) is 5.60 Å². The second-order valence-electron chi connectivity index (χ2n) is 7.85. The van der Waals surface area contributed by atoms with E-state index in [1.165, 1.54) is 26.0 Å². The number of hydrogen-bond acceptors (Lipinski definition) is 3. The fraction of sp³-hybridized carbons (Fsp3) is 0.727. The molecule has 9 heteroatoms. The Morgan fingerprint density at radius 3 is 1.77 bits per heavy atom. The molecule has 0 aromatic heterocycles. The van der Waals surface area contributed by atoms with Gasteiger partial charge in [-0.15, -0.1) is 0 Å². The molecule has 0 N–H and O–H groups in total. The summed E-state index contributed by atoms with van der Waals surface area (Å²) in [5.41, 5.74) is -6.59. The molecular weight excluding hydrogens is 426 g/mol. The summed E-state index contributed by atoms with van der Waals surface area (Å²) in [6.45, 7) is 8.10. The van der Waals surface area contributed by atoms with Crippen molar-refractivity contribution in [1.29, 1.82) is 0 Å². The van der Waals surface area contributed by atoms with Crippen molar-refractivity contribution in [3.63, 3.8) is 0 Å². The Bertz CT molecular complexity index is 639. The molecule has 1 aromatic rings. The summed E-state index contributed by atoms with van der Waals surface area (Å²) in [6.07, 6.45) is -11.3. The average molecular weight is 458 g/mol. The summed E-state index contributed by atoms with van der Waals surface area (Å²) in [7, 11) is 0. The Balaban J connectivity index is 3.56. The molecule has 0 aliphatic rings. The number of benzene rings is 1. The summed E-state index contributed by atoms with van der Waals surface area (Å²) < 4.78 is 101. The van der Waals surface area contributed by atoms with Crippen LogP contribution in [0.3, 0.4) is 0 Å². The second kappa shape index (κ2) is 11.0. The lowest BCUT2D eigenvalue weighted by Crippen LogP contribution is -2.60. The van der Waals surface area contributed by atoms with Crippen LogP contribution < -0.4 is 0 Å². The van der Waals surface area contributed by atoms with E-state index in [9.17, 15) is 26.3 Å². The van der Waals surface area contributed by atoms with E-state index in [0.29, 0.717) is 24.8 Å². The third-order valence-corrected chi connectivity index (χ3v) is 4.86. The molecule has 31 heavy (non-hydrogen) atoms. The molecule has 0 heterocycles. The molecule has 180 valence electrons. The summed E-state index contributed by atoms with van der Waals surface area (Å²) in [4.78, 5) is 0. The van der Waals surface area contributed by atoms with Crippen LogP contribution in [0.4, 0.5) is 26.3 Å². The molecule has 1 unspecified atom stereocenters. The lowest BCUT2D eigenvalue weighted by atomic mass is 9.90. The van der Waals surface area contributed by atoms with E-state index in [2.05, 4.69) is 0 Å². The molecule has 0 radical (unpaired) electrons. The van der Waals surface area contributed by atoms with Gasteiger partial charge in [0.15, 0.2) is 6.29 Å². The highest BCUT2D eigenvalue weighted by molar-refractivity contribution is 5.31. The van der Waals surface area contributed by atoms with Gasteiger partial charge in [0.25, 0.3) is 5.60 Å². The van der Waals surface area contributed by atoms with Gasteiger partial charge in [-0.25, -0.2) is 0 Å². The van der Waals surface area contributed by atoms with Gasteiger partial charge < -0.3 is 14.2 Å². The average Bonchev–Trinajstić information content (AvgIpc) is 2.66. The van der Waals surface area contributed by atoms with Crippen molar-refractivity contribution in [3.8, 4) is 0 Å². The third kappa shape index (κ3) is 6.58. The van der Waals surface area contributed by atoms with Crippen molar-refractivity contribution in [2.45, 2.75) is 90.1 Å². The van der Waals surface area contributed by atoms with E-state index < -0.39 is 35.4 Å². The number of alkyl halides is 6. The van der Waals surface area contributed by atoms with Crippen LogP contribution in [-0.2, 0) is 26.2 Å². The zero-order valence-electron chi connectivity index (χ0n) is 18.6. The Morgan fingerprint density at radius 1 is 0.806 bits per heavy atom. The van der Waals surface area contributed by atoms with Gasteiger partial charge in [-0.2, -0.15) is 26.3 Å². The van der Waals surface area contributed by atoms with Gasteiger partial charge in [0, 0.05) is 18.8 Å². The standard InChI is InChI=1S/C22H32F6O3/c1-6-9-15-30-19(4,5)18(29-14-7-2)31-20(21(23,24)25,22(26,27)28)17-12-10-16(8-3)11-13-17/h10-13,18H,6-9,14-15H2,1-5H3. The molecule has 0 saturated heterocycles. The van der Waals surface area contributed by atoms with Crippen LogP contribution in [0.1, 0.15) is 65.0 Å². The molecular formula is C22H32F6O3. The second-order valence-corrected chi connectivity index (χ2v) is 7.85. The molecule has 0 saturated carbocycles. The first-order valence-corrected chi connectivity index (χ1v) is 10.4. The van der Waals surface area contributed by atoms with Crippen LogP contribution >= 0.6 is 0 Å². The van der Waals surface area contributed by atoms with E-state index in [-0.39, 0.29) is 13.2 Å². The van der Waals surface area contributed by atoms with Crippen molar-refractivity contribution in [2.24, 2.45) is 0 Å². The fourth-order valence-electron chi connectivity index (χ4n) is 2.97. The Morgan fingerprint density at radius 2 is 1.35 bits per heavy atom. The first kappa shape index (κ1) is 27.7. The minimum atomic E-state index is -5.80. The van der Waals surface area contributed by atoms with Gasteiger partial charge in [0.05, 0.1) is 0 Å². The Labute approximate surface area is 180 Å². The van der Waals surface area contributed by atoms with Gasteiger partial charge >= 0.3 is 12.4 Å². The monoisotopic (exact) mass is 458 g/mol. The number of hydrogen-bond donors (Lipinski definition) is 0. The maximum absolute atomic E-state index is 14.2. The van der Waals surface area contributed by atoms with Crippen LogP contribution in [0, 0.1) is 0 Å². The molecule has 1 rings (SSSR count). The summed E-state index contributed by atoms with van der Waals surface area (Å²) >= 11 is 0. The van der Waals surface area contributed by atoms with Crippen molar-refractivity contribution < 1.29 is 40.6 Å². The van der Waals surface area contributed by atoms with Crippen LogP contribution in [0.5, 0.6) is 0 Å². The van der Waals surface area contributed by atoms with E-state index in [0.717, 1.165) is 18.6 Å². The molecule has 0 fully saturated rings.